The maximum atomic E-state index is 13.0. The number of anilines is 1. The Balaban J connectivity index is 1.62. The van der Waals surface area contributed by atoms with Crippen molar-refractivity contribution in [2.75, 3.05) is 18.4 Å². The van der Waals surface area contributed by atoms with Gasteiger partial charge in [0.2, 0.25) is 0 Å². The van der Waals surface area contributed by atoms with E-state index in [-0.39, 0.29) is 0 Å². The minimum Gasteiger partial charge on any atom is -0.481 e. The number of aliphatic carboxylic acids is 1. The van der Waals surface area contributed by atoms with Crippen molar-refractivity contribution in [3.05, 3.63) is 54.6 Å². The lowest BCUT2D eigenvalue weighted by Crippen LogP contribution is -2.35. The number of ether oxygens (including phenoxy) is 1. The number of nitrogens with zero attached hydrogens (tertiary/aromatic N) is 1. The molecule has 0 aromatic heterocycles. The van der Waals surface area contributed by atoms with Gasteiger partial charge in [0.05, 0.1) is 11.8 Å². The highest BCUT2D eigenvalue weighted by Crippen LogP contribution is 2.38. The van der Waals surface area contributed by atoms with Gasteiger partial charge in [-0.2, -0.15) is 13.2 Å². The standard InChI is InChI=1S/C19H17F3N2O4/c20-19(21,22)16-11-24(10-15(16)17(25)26)18(27)23-12-6-8-14(9-7-12)28-13-4-2-1-3-5-13/h1-9,15-16H,10-11H2,(H,23,27)(H,25,26)/t15-,16-/m1/s1. The molecule has 1 saturated heterocycles. The van der Waals surface area contributed by atoms with Crippen LogP contribution in [0.4, 0.5) is 23.7 Å². The average molecular weight is 394 g/mol. The number of carboxylic acids is 1. The van der Waals surface area contributed by atoms with Gasteiger partial charge < -0.3 is 20.1 Å². The van der Waals surface area contributed by atoms with Crippen LogP contribution in [0.5, 0.6) is 11.5 Å². The highest BCUT2D eigenvalue weighted by atomic mass is 19.4. The molecule has 0 spiro atoms. The summed E-state index contributed by atoms with van der Waals surface area (Å²) in [6, 6.07) is 14.5. The van der Waals surface area contributed by atoms with Gasteiger partial charge in [0.1, 0.15) is 11.5 Å². The Labute approximate surface area is 158 Å². The summed E-state index contributed by atoms with van der Waals surface area (Å²) in [6.45, 7) is -1.19. The molecule has 2 amide bonds. The van der Waals surface area contributed by atoms with Crippen molar-refractivity contribution in [1.29, 1.82) is 0 Å². The second-order valence-corrected chi connectivity index (χ2v) is 6.37. The third-order valence-electron chi connectivity index (χ3n) is 4.43. The number of carboxylic acid groups (broad SMARTS) is 1. The van der Waals surface area contributed by atoms with Crippen LogP contribution in [0.25, 0.3) is 0 Å². The van der Waals surface area contributed by atoms with Crippen LogP contribution in [0, 0.1) is 11.8 Å². The minimum atomic E-state index is -4.69. The second-order valence-electron chi connectivity index (χ2n) is 6.37. The number of likely N-dealkylation sites (tertiary alicyclic amines) is 1. The quantitative estimate of drug-likeness (QED) is 0.815. The molecule has 28 heavy (non-hydrogen) atoms. The fourth-order valence-electron chi connectivity index (χ4n) is 2.98. The molecule has 2 N–H and O–H groups in total. The van der Waals surface area contributed by atoms with Crippen LogP contribution in [0.1, 0.15) is 0 Å². The zero-order chi connectivity index (χ0) is 20.3. The van der Waals surface area contributed by atoms with Crippen LogP contribution in [-0.4, -0.2) is 41.3 Å². The van der Waals surface area contributed by atoms with E-state index in [0.717, 1.165) is 4.90 Å². The van der Waals surface area contributed by atoms with Crippen LogP contribution in [-0.2, 0) is 4.79 Å². The molecule has 2 atom stereocenters. The van der Waals surface area contributed by atoms with E-state index >= 15 is 0 Å². The fourth-order valence-corrected chi connectivity index (χ4v) is 2.98. The molecule has 1 fully saturated rings. The van der Waals surface area contributed by atoms with Crippen LogP contribution in [0.3, 0.4) is 0 Å². The normalized spacial score (nSPS) is 19.3. The molecule has 1 aliphatic heterocycles. The molecule has 1 heterocycles. The zero-order valence-electron chi connectivity index (χ0n) is 14.5. The molecular weight excluding hydrogens is 377 g/mol. The molecule has 6 nitrogen and oxygen atoms in total. The number of carbonyl (C=O) groups is 2. The number of nitrogens with one attached hydrogen (secondary N) is 1. The van der Waals surface area contributed by atoms with Crippen LogP contribution < -0.4 is 10.1 Å². The lowest BCUT2D eigenvalue weighted by molar-refractivity contribution is -0.187. The lowest BCUT2D eigenvalue weighted by atomic mass is 9.96. The first-order valence-electron chi connectivity index (χ1n) is 8.42. The van der Waals surface area contributed by atoms with E-state index in [9.17, 15) is 22.8 Å². The van der Waals surface area contributed by atoms with Crippen molar-refractivity contribution >= 4 is 17.7 Å². The smallest absolute Gasteiger partial charge is 0.394 e. The summed E-state index contributed by atoms with van der Waals surface area (Å²) in [7, 11) is 0. The molecule has 0 unspecified atom stereocenters. The summed E-state index contributed by atoms with van der Waals surface area (Å²) < 4.78 is 44.7. The Bertz CT molecular complexity index is 841. The van der Waals surface area contributed by atoms with Gasteiger partial charge in [-0.1, -0.05) is 18.2 Å². The maximum absolute atomic E-state index is 13.0. The number of amides is 2. The monoisotopic (exact) mass is 394 g/mol. The second kappa shape index (κ2) is 7.79. The van der Waals surface area contributed by atoms with E-state index < -0.39 is 43.1 Å². The van der Waals surface area contributed by atoms with Crippen molar-refractivity contribution in [3.63, 3.8) is 0 Å². The first kappa shape index (κ1) is 19.5. The number of benzene rings is 2. The zero-order valence-corrected chi connectivity index (χ0v) is 14.5. The van der Waals surface area contributed by atoms with Crippen molar-refractivity contribution in [2.45, 2.75) is 6.18 Å². The molecule has 1 aliphatic rings. The van der Waals surface area contributed by atoms with Crippen molar-refractivity contribution in [3.8, 4) is 11.5 Å². The van der Waals surface area contributed by atoms with Gasteiger partial charge in [0.25, 0.3) is 0 Å². The first-order valence-corrected chi connectivity index (χ1v) is 8.42. The topological polar surface area (TPSA) is 78.9 Å². The molecule has 2 aromatic carbocycles. The van der Waals surface area contributed by atoms with E-state index in [1.807, 2.05) is 18.2 Å². The fraction of sp³-hybridized carbons (Fsp3) is 0.263. The molecule has 0 saturated carbocycles. The van der Waals surface area contributed by atoms with Gasteiger partial charge in [-0.3, -0.25) is 4.79 Å². The van der Waals surface area contributed by atoms with Gasteiger partial charge in [0.15, 0.2) is 0 Å². The Morgan fingerprint density at radius 2 is 1.61 bits per heavy atom. The van der Waals surface area contributed by atoms with E-state index in [1.165, 1.54) is 0 Å². The van der Waals surface area contributed by atoms with E-state index in [0.29, 0.717) is 17.2 Å². The lowest BCUT2D eigenvalue weighted by Gasteiger charge is -2.18. The van der Waals surface area contributed by atoms with Gasteiger partial charge in [-0.15, -0.1) is 0 Å². The summed E-state index contributed by atoms with van der Waals surface area (Å²) in [5.74, 6) is -4.17. The largest absolute Gasteiger partial charge is 0.481 e. The summed E-state index contributed by atoms with van der Waals surface area (Å²) in [6.07, 6.45) is -4.69. The summed E-state index contributed by atoms with van der Waals surface area (Å²) in [4.78, 5) is 24.2. The number of hydrogen-bond donors (Lipinski definition) is 2. The Morgan fingerprint density at radius 1 is 1.00 bits per heavy atom. The number of rotatable bonds is 4. The highest BCUT2D eigenvalue weighted by molar-refractivity contribution is 5.90. The van der Waals surface area contributed by atoms with Crippen LogP contribution in [0.15, 0.2) is 54.6 Å². The maximum Gasteiger partial charge on any atom is 0.394 e. The number of para-hydroxylation sites is 1. The Morgan fingerprint density at radius 3 is 2.14 bits per heavy atom. The van der Waals surface area contributed by atoms with E-state index in [4.69, 9.17) is 9.84 Å². The Kier molecular flexibility index (Phi) is 5.43. The molecule has 148 valence electrons. The molecule has 9 heteroatoms. The molecule has 2 aromatic rings. The molecule has 0 radical (unpaired) electrons. The first-order chi connectivity index (χ1) is 13.2. The molecule has 0 aliphatic carbocycles. The van der Waals surface area contributed by atoms with Crippen molar-refractivity contribution in [1.82, 2.24) is 4.90 Å². The predicted molar refractivity (Wildman–Crippen MR) is 94.2 cm³/mol. The summed E-state index contributed by atoms with van der Waals surface area (Å²) in [5.41, 5.74) is 0.354. The average Bonchev–Trinajstić information content (AvgIpc) is 3.11. The van der Waals surface area contributed by atoms with E-state index in [2.05, 4.69) is 5.32 Å². The third kappa shape index (κ3) is 4.54. The number of carbonyl (C=O) groups excluding carboxylic acids is 1. The molecular formula is C19H17F3N2O4. The van der Waals surface area contributed by atoms with Gasteiger partial charge >= 0.3 is 18.2 Å². The van der Waals surface area contributed by atoms with E-state index in [1.54, 1.807) is 36.4 Å². The Hall–Kier alpha value is -3.23. The molecule has 0 bridgehead atoms. The number of urea groups is 1. The van der Waals surface area contributed by atoms with Crippen LogP contribution in [0.2, 0.25) is 0 Å². The molecule has 3 rings (SSSR count). The SMILES string of the molecule is O=C(O)[C@@H]1CN(C(=O)Nc2ccc(Oc3ccccc3)cc2)C[C@H]1C(F)(F)F. The third-order valence-corrected chi connectivity index (χ3v) is 4.43. The number of halogens is 3. The van der Waals surface area contributed by atoms with Gasteiger partial charge in [-0.25, -0.2) is 4.79 Å². The number of hydrogen-bond acceptors (Lipinski definition) is 3. The predicted octanol–water partition coefficient (Wildman–Crippen LogP) is 4.21. The van der Waals surface area contributed by atoms with Gasteiger partial charge in [0, 0.05) is 18.8 Å². The number of alkyl halides is 3. The van der Waals surface area contributed by atoms with Crippen LogP contribution >= 0.6 is 0 Å². The minimum absolute atomic E-state index is 0.354. The summed E-state index contributed by atoms with van der Waals surface area (Å²) >= 11 is 0. The van der Waals surface area contributed by atoms with Gasteiger partial charge in [-0.05, 0) is 36.4 Å². The summed E-state index contributed by atoms with van der Waals surface area (Å²) in [5, 5.41) is 11.5. The highest BCUT2D eigenvalue weighted by Gasteiger charge is 2.53. The van der Waals surface area contributed by atoms with Crippen molar-refractivity contribution < 1.29 is 32.6 Å². The van der Waals surface area contributed by atoms with Crippen molar-refractivity contribution in [2.24, 2.45) is 11.8 Å².